The highest BCUT2D eigenvalue weighted by Crippen LogP contribution is 2.11. The lowest BCUT2D eigenvalue weighted by atomic mass is 10.1. The number of hydrazone groups is 1. The van der Waals surface area contributed by atoms with Crippen LogP contribution in [0.25, 0.3) is 0 Å². The minimum absolute atomic E-state index is 0.525. The van der Waals surface area contributed by atoms with E-state index in [2.05, 4.69) is 41.6 Å². The third-order valence-corrected chi connectivity index (χ3v) is 2.54. The minimum atomic E-state index is 0.525. The SMILES string of the molecule is C/C(=N/Nc1ncn[nH]1)c1ccc(Br)cc1. The summed E-state index contributed by atoms with van der Waals surface area (Å²) in [6, 6.07) is 7.93. The number of hydrogen-bond acceptors (Lipinski definition) is 4. The normalized spacial score (nSPS) is 11.5. The summed E-state index contributed by atoms with van der Waals surface area (Å²) in [7, 11) is 0. The van der Waals surface area contributed by atoms with Crippen molar-refractivity contribution in [1.29, 1.82) is 0 Å². The van der Waals surface area contributed by atoms with E-state index in [1.807, 2.05) is 31.2 Å². The fourth-order valence-electron chi connectivity index (χ4n) is 1.15. The Morgan fingerprint density at radius 2 is 2.12 bits per heavy atom. The summed E-state index contributed by atoms with van der Waals surface area (Å²) < 4.78 is 1.05. The van der Waals surface area contributed by atoms with Crippen molar-refractivity contribution in [1.82, 2.24) is 15.2 Å². The molecule has 2 rings (SSSR count). The molecule has 1 aromatic carbocycles. The van der Waals surface area contributed by atoms with Crippen LogP contribution in [0.1, 0.15) is 12.5 Å². The summed E-state index contributed by atoms with van der Waals surface area (Å²) in [6.45, 7) is 1.92. The van der Waals surface area contributed by atoms with Crippen molar-refractivity contribution in [3.8, 4) is 0 Å². The molecule has 0 fully saturated rings. The molecule has 0 spiro atoms. The molecule has 0 saturated heterocycles. The molecule has 2 aromatic rings. The molecule has 0 aliphatic rings. The average molecular weight is 280 g/mol. The van der Waals surface area contributed by atoms with E-state index in [9.17, 15) is 0 Å². The van der Waals surface area contributed by atoms with E-state index in [0.29, 0.717) is 5.95 Å². The van der Waals surface area contributed by atoms with Crippen LogP contribution in [0.2, 0.25) is 0 Å². The van der Waals surface area contributed by atoms with Crippen LogP contribution >= 0.6 is 15.9 Å². The van der Waals surface area contributed by atoms with E-state index in [0.717, 1.165) is 15.7 Å². The molecule has 0 aliphatic carbocycles. The molecule has 5 nitrogen and oxygen atoms in total. The third kappa shape index (κ3) is 2.66. The van der Waals surface area contributed by atoms with Gasteiger partial charge in [0.2, 0.25) is 5.95 Å². The zero-order chi connectivity index (χ0) is 11.4. The monoisotopic (exact) mass is 279 g/mol. The van der Waals surface area contributed by atoms with Crippen molar-refractivity contribution in [3.05, 3.63) is 40.6 Å². The molecule has 0 atom stereocenters. The molecular weight excluding hydrogens is 270 g/mol. The second kappa shape index (κ2) is 4.89. The number of rotatable bonds is 3. The van der Waals surface area contributed by atoms with Crippen LogP contribution in [0.15, 0.2) is 40.2 Å². The van der Waals surface area contributed by atoms with E-state index in [-0.39, 0.29) is 0 Å². The molecule has 0 aliphatic heterocycles. The van der Waals surface area contributed by atoms with Gasteiger partial charge in [0.05, 0.1) is 5.71 Å². The van der Waals surface area contributed by atoms with Gasteiger partial charge in [0.1, 0.15) is 6.33 Å². The van der Waals surface area contributed by atoms with Gasteiger partial charge in [-0.2, -0.15) is 15.2 Å². The molecule has 6 heteroatoms. The van der Waals surface area contributed by atoms with Crippen LogP contribution in [-0.2, 0) is 0 Å². The van der Waals surface area contributed by atoms with Gasteiger partial charge in [-0.15, -0.1) is 0 Å². The number of hydrogen-bond donors (Lipinski definition) is 2. The molecule has 0 amide bonds. The van der Waals surface area contributed by atoms with Gasteiger partial charge in [0, 0.05) is 4.47 Å². The van der Waals surface area contributed by atoms with Crippen LogP contribution in [0.4, 0.5) is 5.95 Å². The fraction of sp³-hybridized carbons (Fsp3) is 0.100. The third-order valence-electron chi connectivity index (χ3n) is 2.01. The smallest absolute Gasteiger partial charge is 0.239 e. The summed E-state index contributed by atoms with van der Waals surface area (Å²) in [5.41, 5.74) is 4.71. The van der Waals surface area contributed by atoms with Crippen molar-refractivity contribution >= 4 is 27.6 Å². The minimum Gasteiger partial charge on any atom is -0.245 e. The first-order valence-electron chi connectivity index (χ1n) is 4.67. The first kappa shape index (κ1) is 10.8. The lowest BCUT2D eigenvalue weighted by Crippen LogP contribution is -2.00. The predicted molar refractivity (Wildman–Crippen MR) is 66.4 cm³/mol. The Morgan fingerprint density at radius 1 is 1.38 bits per heavy atom. The molecule has 1 aromatic heterocycles. The van der Waals surface area contributed by atoms with Crippen molar-refractivity contribution < 1.29 is 0 Å². The average Bonchev–Trinajstić information content (AvgIpc) is 2.80. The van der Waals surface area contributed by atoms with Crippen LogP contribution < -0.4 is 5.43 Å². The molecule has 0 saturated carbocycles. The van der Waals surface area contributed by atoms with Gasteiger partial charge in [-0.3, -0.25) is 0 Å². The number of H-pyrrole nitrogens is 1. The van der Waals surface area contributed by atoms with Crippen LogP contribution in [-0.4, -0.2) is 20.9 Å². The van der Waals surface area contributed by atoms with E-state index >= 15 is 0 Å². The molecule has 82 valence electrons. The molecule has 1 heterocycles. The molecule has 0 radical (unpaired) electrons. The first-order chi connectivity index (χ1) is 7.75. The molecule has 16 heavy (non-hydrogen) atoms. The number of nitrogens with one attached hydrogen (secondary N) is 2. The van der Waals surface area contributed by atoms with Gasteiger partial charge in [-0.25, -0.2) is 10.5 Å². The Hall–Kier alpha value is -1.69. The Morgan fingerprint density at radius 3 is 2.75 bits per heavy atom. The topological polar surface area (TPSA) is 66.0 Å². The number of nitrogens with zero attached hydrogens (tertiary/aromatic N) is 3. The molecule has 2 N–H and O–H groups in total. The van der Waals surface area contributed by atoms with Crippen LogP contribution in [0, 0.1) is 0 Å². The lowest BCUT2D eigenvalue weighted by Gasteiger charge is -2.01. The maximum Gasteiger partial charge on any atom is 0.239 e. The Kier molecular flexibility index (Phi) is 3.31. The highest BCUT2D eigenvalue weighted by Gasteiger charge is 1.97. The zero-order valence-electron chi connectivity index (χ0n) is 8.61. The molecular formula is C10H10BrN5. The standard InChI is InChI=1S/C10H10BrN5/c1-7(8-2-4-9(11)5-3-8)14-16-10-12-6-13-15-10/h2-6H,1H3,(H2,12,13,15,16)/b14-7-. The Labute approximate surface area is 101 Å². The van der Waals surface area contributed by atoms with E-state index < -0.39 is 0 Å². The highest BCUT2D eigenvalue weighted by molar-refractivity contribution is 9.10. The van der Waals surface area contributed by atoms with Crippen molar-refractivity contribution in [3.63, 3.8) is 0 Å². The van der Waals surface area contributed by atoms with Crippen molar-refractivity contribution in [2.75, 3.05) is 5.43 Å². The van der Waals surface area contributed by atoms with E-state index in [1.165, 1.54) is 6.33 Å². The summed E-state index contributed by atoms with van der Waals surface area (Å²) in [5, 5.41) is 10.6. The quantitative estimate of drug-likeness (QED) is 0.670. The van der Waals surface area contributed by atoms with Crippen LogP contribution in [0.5, 0.6) is 0 Å². The summed E-state index contributed by atoms with van der Waals surface area (Å²) in [6.07, 6.45) is 1.42. The second-order valence-corrected chi connectivity index (χ2v) is 4.07. The zero-order valence-corrected chi connectivity index (χ0v) is 10.2. The van der Waals surface area contributed by atoms with Gasteiger partial charge in [-0.05, 0) is 24.6 Å². The van der Waals surface area contributed by atoms with E-state index in [4.69, 9.17) is 0 Å². The Balaban J connectivity index is 2.09. The fourth-order valence-corrected chi connectivity index (χ4v) is 1.42. The van der Waals surface area contributed by atoms with Gasteiger partial charge in [0.15, 0.2) is 0 Å². The summed E-state index contributed by atoms with van der Waals surface area (Å²) in [4.78, 5) is 3.90. The number of anilines is 1. The predicted octanol–water partition coefficient (Wildman–Crippen LogP) is 2.40. The first-order valence-corrected chi connectivity index (χ1v) is 5.46. The lowest BCUT2D eigenvalue weighted by molar-refractivity contribution is 1.08. The highest BCUT2D eigenvalue weighted by atomic mass is 79.9. The Bertz CT molecular complexity index is 474. The molecule has 0 unspecified atom stereocenters. The van der Waals surface area contributed by atoms with Crippen molar-refractivity contribution in [2.24, 2.45) is 5.10 Å². The van der Waals surface area contributed by atoms with Gasteiger partial charge in [0.25, 0.3) is 0 Å². The van der Waals surface area contributed by atoms with Gasteiger partial charge in [-0.1, -0.05) is 28.1 Å². The maximum absolute atomic E-state index is 4.18. The number of benzene rings is 1. The molecule has 0 bridgehead atoms. The maximum atomic E-state index is 4.18. The van der Waals surface area contributed by atoms with Gasteiger partial charge >= 0.3 is 0 Å². The second-order valence-electron chi connectivity index (χ2n) is 3.15. The number of halogens is 1. The number of aromatic amines is 1. The van der Waals surface area contributed by atoms with Gasteiger partial charge < -0.3 is 0 Å². The van der Waals surface area contributed by atoms with Crippen LogP contribution in [0.3, 0.4) is 0 Å². The number of aromatic nitrogens is 3. The summed E-state index contributed by atoms with van der Waals surface area (Å²) in [5.74, 6) is 0.525. The van der Waals surface area contributed by atoms with Crippen molar-refractivity contribution in [2.45, 2.75) is 6.92 Å². The van der Waals surface area contributed by atoms with E-state index in [1.54, 1.807) is 0 Å². The summed E-state index contributed by atoms with van der Waals surface area (Å²) >= 11 is 3.39. The largest absolute Gasteiger partial charge is 0.245 e.